The van der Waals surface area contributed by atoms with Crippen LogP contribution in [-0.4, -0.2) is 30.1 Å². The fourth-order valence-electron chi connectivity index (χ4n) is 1.23. The van der Waals surface area contributed by atoms with Crippen LogP contribution in [0.3, 0.4) is 0 Å². The molecule has 1 rings (SSSR count). The van der Waals surface area contributed by atoms with Gasteiger partial charge in [0, 0.05) is 19.3 Å². The summed E-state index contributed by atoms with van der Waals surface area (Å²) in [7, 11) is 0. The topological polar surface area (TPSA) is 15.6 Å². The standard InChI is InChI=1S/C7H14N2S/c1-7(8-10-2)9-5-3-4-6-9/h3-6H2,1-2H3. The Balaban J connectivity index is 2.39. The highest BCUT2D eigenvalue weighted by Crippen LogP contribution is 2.09. The number of hydrogen-bond donors (Lipinski definition) is 0. The molecular formula is C7H14N2S. The van der Waals surface area contributed by atoms with E-state index in [9.17, 15) is 0 Å². The maximum atomic E-state index is 4.27. The fourth-order valence-corrected chi connectivity index (χ4v) is 1.61. The molecule has 0 aromatic carbocycles. The second-order valence-corrected chi connectivity index (χ2v) is 3.06. The van der Waals surface area contributed by atoms with Crippen molar-refractivity contribution in [3.05, 3.63) is 0 Å². The van der Waals surface area contributed by atoms with E-state index in [4.69, 9.17) is 0 Å². The molecule has 10 heavy (non-hydrogen) atoms. The zero-order valence-electron chi connectivity index (χ0n) is 6.63. The molecule has 0 spiro atoms. The molecule has 3 heteroatoms. The predicted octanol–water partition coefficient (Wildman–Crippen LogP) is 1.78. The molecule has 1 saturated heterocycles. The van der Waals surface area contributed by atoms with Gasteiger partial charge in [-0.05, 0) is 31.7 Å². The van der Waals surface area contributed by atoms with E-state index >= 15 is 0 Å². The summed E-state index contributed by atoms with van der Waals surface area (Å²) < 4.78 is 4.27. The van der Waals surface area contributed by atoms with Crippen LogP contribution in [0, 0.1) is 0 Å². The van der Waals surface area contributed by atoms with Crippen LogP contribution in [0.25, 0.3) is 0 Å². The smallest absolute Gasteiger partial charge is 0.109 e. The van der Waals surface area contributed by atoms with Gasteiger partial charge in [0.1, 0.15) is 5.84 Å². The van der Waals surface area contributed by atoms with Gasteiger partial charge in [-0.25, -0.2) is 4.40 Å². The van der Waals surface area contributed by atoms with Gasteiger partial charge >= 0.3 is 0 Å². The first-order valence-corrected chi connectivity index (χ1v) is 4.85. The first kappa shape index (κ1) is 7.92. The third kappa shape index (κ3) is 1.90. The van der Waals surface area contributed by atoms with Gasteiger partial charge in [0.2, 0.25) is 0 Å². The second-order valence-electron chi connectivity index (χ2n) is 2.52. The molecule has 0 saturated carbocycles. The largest absolute Gasteiger partial charge is 0.360 e. The number of hydrogen-bond acceptors (Lipinski definition) is 2. The highest BCUT2D eigenvalue weighted by Gasteiger charge is 2.11. The summed E-state index contributed by atoms with van der Waals surface area (Å²) in [5.74, 6) is 1.19. The Labute approximate surface area is 66.8 Å². The molecule has 0 aromatic heterocycles. The zero-order valence-corrected chi connectivity index (χ0v) is 7.45. The fraction of sp³-hybridized carbons (Fsp3) is 0.857. The lowest BCUT2D eigenvalue weighted by Gasteiger charge is -2.15. The molecule has 58 valence electrons. The van der Waals surface area contributed by atoms with Crippen molar-refractivity contribution in [1.82, 2.24) is 4.90 Å². The van der Waals surface area contributed by atoms with E-state index < -0.39 is 0 Å². The van der Waals surface area contributed by atoms with Crippen molar-refractivity contribution in [1.29, 1.82) is 0 Å². The van der Waals surface area contributed by atoms with E-state index in [0.717, 1.165) is 0 Å². The highest BCUT2D eigenvalue weighted by molar-refractivity contribution is 7.97. The molecule has 0 aliphatic carbocycles. The minimum Gasteiger partial charge on any atom is -0.360 e. The normalized spacial score (nSPS) is 20.2. The SMILES string of the molecule is CSN=C(C)N1CCCC1. The third-order valence-corrected chi connectivity index (χ3v) is 2.23. The maximum absolute atomic E-state index is 4.27. The van der Waals surface area contributed by atoms with Gasteiger partial charge < -0.3 is 4.90 Å². The van der Waals surface area contributed by atoms with Gasteiger partial charge in [-0.15, -0.1) is 0 Å². The van der Waals surface area contributed by atoms with Crippen molar-refractivity contribution in [2.45, 2.75) is 19.8 Å². The van der Waals surface area contributed by atoms with Crippen LogP contribution in [-0.2, 0) is 0 Å². The van der Waals surface area contributed by atoms with Crippen molar-refractivity contribution in [3.8, 4) is 0 Å². The Morgan fingerprint density at radius 3 is 2.50 bits per heavy atom. The van der Waals surface area contributed by atoms with Crippen LogP contribution in [0.1, 0.15) is 19.8 Å². The van der Waals surface area contributed by atoms with E-state index in [1.165, 1.54) is 31.8 Å². The van der Waals surface area contributed by atoms with E-state index in [0.29, 0.717) is 0 Å². The molecule has 2 nitrogen and oxygen atoms in total. The minimum absolute atomic E-state index is 1.19. The predicted molar refractivity (Wildman–Crippen MR) is 47.4 cm³/mol. The third-order valence-electron chi connectivity index (χ3n) is 1.79. The molecule has 0 bridgehead atoms. The van der Waals surface area contributed by atoms with Gasteiger partial charge in [0.05, 0.1) is 0 Å². The molecule has 0 unspecified atom stereocenters. The van der Waals surface area contributed by atoms with Crippen molar-refractivity contribution in [3.63, 3.8) is 0 Å². The van der Waals surface area contributed by atoms with Crippen LogP contribution in [0.2, 0.25) is 0 Å². The highest BCUT2D eigenvalue weighted by atomic mass is 32.2. The molecule has 0 aromatic rings. The molecule has 1 aliphatic heterocycles. The van der Waals surface area contributed by atoms with Crippen molar-refractivity contribution >= 4 is 17.8 Å². The van der Waals surface area contributed by atoms with E-state index in [-0.39, 0.29) is 0 Å². The van der Waals surface area contributed by atoms with Crippen molar-refractivity contribution in [2.24, 2.45) is 4.40 Å². The van der Waals surface area contributed by atoms with Crippen molar-refractivity contribution in [2.75, 3.05) is 19.3 Å². The van der Waals surface area contributed by atoms with Crippen LogP contribution >= 0.6 is 11.9 Å². The van der Waals surface area contributed by atoms with Gasteiger partial charge in [-0.2, -0.15) is 0 Å². The molecule has 0 N–H and O–H groups in total. The quantitative estimate of drug-likeness (QED) is 0.328. The van der Waals surface area contributed by atoms with E-state index in [2.05, 4.69) is 16.2 Å². The van der Waals surface area contributed by atoms with E-state index in [1.807, 2.05) is 6.26 Å². The van der Waals surface area contributed by atoms with Crippen molar-refractivity contribution < 1.29 is 0 Å². The summed E-state index contributed by atoms with van der Waals surface area (Å²) in [5.41, 5.74) is 0. The van der Waals surface area contributed by atoms with Gasteiger partial charge in [0.25, 0.3) is 0 Å². The van der Waals surface area contributed by atoms with Crippen LogP contribution < -0.4 is 0 Å². The molecule has 0 amide bonds. The lowest BCUT2D eigenvalue weighted by Crippen LogP contribution is -2.24. The maximum Gasteiger partial charge on any atom is 0.109 e. The Morgan fingerprint density at radius 1 is 1.40 bits per heavy atom. The number of nitrogens with zero attached hydrogens (tertiary/aromatic N) is 2. The number of amidine groups is 1. The second kappa shape index (κ2) is 3.86. The molecule has 0 radical (unpaired) electrons. The monoisotopic (exact) mass is 158 g/mol. The molecular weight excluding hydrogens is 144 g/mol. The number of rotatable bonds is 1. The zero-order chi connectivity index (χ0) is 7.40. The summed E-state index contributed by atoms with van der Waals surface area (Å²) in [6, 6.07) is 0. The lowest BCUT2D eigenvalue weighted by atomic mass is 10.4. The van der Waals surface area contributed by atoms with Gasteiger partial charge in [-0.3, -0.25) is 0 Å². The first-order chi connectivity index (χ1) is 4.84. The lowest BCUT2D eigenvalue weighted by molar-refractivity contribution is 0.518. The first-order valence-electron chi connectivity index (χ1n) is 3.67. The average Bonchev–Trinajstić information content (AvgIpc) is 2.38. The summed E-state index contributed by atoms with van der Waals surface area (Å²) in [5, 5.41) is 0. The Hall–Kier alpha value is -0.180. The molecule has 1 fully saturated rings. The van der Waals surface area contributed by atoms with Crippen LogP contribution in [0.15, 0.2) is 4.40 Å². The molecule has 0 atom stereocenters. The van der Waals surface area contributed by atoms with E-state index in [1.54, 1.807) is 11.9 Å². The van der Waals surface area contributed by atoms with Crippen LogP contribution in [0.4, 0.5) is 0 Å². The average molecular weight is 158 g/mol. The van der Waals surface area contributed by atoms with Gasteiger partial charge in [0.15, 0.2) is 0 Å². The molecule has 1 aliphatic rings. The summed E-state index contributed by atoms with van der Waals surface area (Å²) in [4.78, 5) is 2.34. The summed E-state index contributed by atoms with van der Waals surface area (Å²) in [6.07, 6.45) is 4.67. The van der Waals surface area contributed by atoms with Crippen LogP contribution in [0.5, 0.6) is 0 Å². The Morgan fingerprint density at radius 2 is 2.00 bits per heavy atom. The minimum atomic E-state index is 1.19. The number of likely N-dealkylation sites (tertiary alicyclic amines) is 1. The Bertz CT molecular complexity index is 128. The molecule has 1 heterocycles. The Kier molecular flexibility index (Phi) is 3.06. The van der Waals surface area contributed by atoms with Gasteiger partial charge in [-0.1, -0.05) is 0 Å². The summed E-state index contributed by atoms with van der Waals surface area (Å²) in [6.45, 7) is 4.49. The summed E-state index contributed by atoms with van der Waals surface area (Å²) >= 11 is 1.54.